The van der Waals surface area contributed by atoms with Gasteiger partial charge in [-0.15, -0.1) is 11.3 Å². The molecule has 0 aliphatic heterocycles. The van der Waals surface area contributed by atoms with Gasteiger partial charge in [0.25, 0.3) is 0 Å². The second-order valence-corrected chi connectivity index (χ2v) is 11.9. The lowest BCUT2D eigenvalue weighted by Crippen LogP contribution is -1.91. The summed E-state index contributed by atoms with van der Waals surface area (Å²) in [4.78, 5) is 1.30. The van der Waals surface area contributed by atoms with E-state index in [0.717, 1.165) is 0 Å². The summed E-state index contributed by atoms with van der Waals surface area (Å²) in [6.07, 6.45) is 0. The monoisotopic (exact) mass is 551 g/mol. The van der Waals surface area contributed by atoms with Gasteiger partial charge in [0.05, 0.1) is 5.52 Å². The Morgan fingerprint density at radius 1 is 0.405 bits per heavy atom. The molecule has 42 heavy (non-hydrogen) atoms. The van der Waals surface area contributed by atoms with E-state index >= 15 is 0 Å². The SMILES string of the molecule is c1ccc(-c2c3ccccc3c(-c3ccc4c(c3)sc3c4c4ccccc4n3-c3ccccc3)c3ccccc23)cc1. The molecule has 0 radical (unpaired) electrons. The molecule has 7 aromatic carbocycles. The van der Waals surface area contributed by atoms with Gasteiger partial charge in [-0.1, -0.05) is 127 Å². The second kappa shape index (κ2) is 9.17. The van der Waals surface area contributed by atoms with E-state index in [9.17, 15) is 0 Å². The normalized spacial score (nSPS) is 11.8. The van der Waals surface area contributed by atoms with E-state index < -0.39 is 0 Å². The van der Waals surface area contributed by atoms with Gasteiger partial charge in [-0.05, 0) is 68.1 Å². The van der Waals surface area contributed by atoms with Crippen molar-refractivity contribution in [2.75, 3.05) is 0 Å². The van der Waals surface area contributed by atoms with Crippen LogP contribution in [0.15, 0.2) is 152 Å². The smallest absolute Gasteiger partial charge is 0.109 e. The van der Waals surface area contributed by atoms with Crippen LogP contribution in [0.1, 0.15) is 0 Å². The number of aromatic nitrogens is 1. The first kappa shape index (κ1) is 23.5. The quantitative estimate of drug-likeness (QED) is 0.192. The van der Waals surface area contributed by atoms with Crippen LogP contribution < -0.4 is 0 Å². The number of benzene rings is 7. The fourth-order valence-electron chi connectivity index (χ4n) is 6.84. The molecule has 0 aliphatic rings. The highest BCUT2D eigenvalue weighted by Crippen LogP contribution is 2.47. The summed E-state index contributed by atoms with van der Waals surface area (Å²) in [5, 5.41) is 9.11. The van der Waals surface area contributed by atoms with Crippen LogP contribution in [0.5, 0.6) is 0 Å². The van der Waals surface area contributed by atoms with E-state index in [-0.39, 0.29) is 0 Å². The molecule has 1 nitrogen and oxygen atoms in total. The summed E-state index contributed by atoms with van der Waals surface area (Å²) in [7, 11) is 0. The van der Waals surface area contributed by atoms with E-state index in [4.69, 9.17) is 0 Å². The zero-order chi connectivity index (χ0) is 27.6. The van der Waals surface area contributed by atoms with Gasteiger partial charge in [-0.2, -0.15) is 0 Å². The highest BCUT2D eigenvalue weighted by Gasteiger charge is 2.20. The summed E-state index contributed by atoms with van der Waals surface area (Å²) in [5.41, 5.74) is 7.57. The maximum Gasteiger partial charge on any atom is 0.109 e. The first-order chi connectivity index (χ1) is 20.9. The summed E-state index contributed by atoms with van der Waals surface area (Å²) < 4.78 is 3.74. The van der Waals surface area contributed by atoms with Crippen LogP contribution in [0.4, 0.5) is 0 Å². The highest BCUT2D eigenvalue weighted by atomic mass is 32.1. The number of fused-ring (bicyclic) bond motifs is 7. The van der Waals surface area contributed by atoms with Gasteiger partial charge in [0, 0.05) is 26.5 Å². The molecule has 2 heterocycles. The molecule has 0 amide bonds. The van der Waals surface area contributed by atoms with Crippen LogP contribution in [0.2, 0.25) is 0 Å². The fourth-order valence-corrected chi connectivity index (χ4v) is 8.13. The molecule has 0 spiro atoms. The average molecular weight is 552 g/mol. The average Bonchev–Trinajstić information content (AvgIpc) is 3.58. The molecule has 0 unspecified atom stereocenters. The van der Waals surface area contributed by atoms with E-state index in [1.54, 1.807) is 0 Å². The third-order valence-electron chi connectivity index (χ3n) is 8.59. The summed E-state index contributed by atoms with van der Waals surface area (Å²) in [5.74, 6) is 0. The Hall–Kier alpha value is -5.18. The number of hydrogen-bond acceptors (Lipinski definition) is 1. The van der Waals surface area contributed by atoms with E-state index in [2.05, 4.69) is 156 Å². The Bertz CT molecular complexity index is 2390. The molecule has 0 N–H and O–H groups in total. The molecular weight excluding hydrogens is 527 g/mol. The van der Waals surface area contributed by atoms with Crippen molar-refractivity contribution in [1.29, 1.82) is 0 Å². The van der Waals surface area contributed by atoms with Crippen molar-refractivity contribution in [3.8, 4) is 27.9 Å². The van der Waals surface area contributed by atoms with Crippen LogP contribution in [0, 0.1) is 0 Å². The number of hydrogen-bond donors (Lipinski definition) is 0. The molecule has 0 saturated heterocycles. The van der Waals surface area contributed by atoms with Crippen LogP contribution >= 0.6 is 11.3 Å². The van der Waals surface area contributed by atoms with Crippen molar-refractivity contribution in [3.63, 3.8) is 0 Å². The van der Waals surface area contributed by atoms with Crippen molar-refractivity contribution in [2.45, 2.75) is 0 Å². The number of nitrogens with zero attached hydrogens (tertiary/aromatic N) is 1. The topological polar surface area (TPSA) is 4.93 Å². The lowest BCUT2D eigenvalue weighted by atomic mass is 9.86. The minimum atomic E-state index is 1.20. The van der Waals surface area contributed by atoms with Crippen LogP contribution in [-0.4, -0.2) is 4.57 Å². The predicted molar refractivity (Wildman–Crippen MR) is 182 cm³/mol. The van der Waals surface area contributed by atoms with Gasteiger partial charge in [0.15, 0.2) is 0 Å². The van der Waals surface area contributed by atoms with E-state index in [1.807, 2.05) is 11.3 Å². The Labute approximate surface area is 247 Å². The van der Waals surface area contributed by atoms with Gasteiger partial charge in [0.1, 0.15) is 4.83 Å². The third-order valence-corrected chi connectivity index (χ3v) is 9.72. The third kappa shape index (κ3) is 3.36. The van der Waals surface area contributed by atoms with Crippen molar-refractivity contribution >= 4 is 64.1 Å². The lowest BCUT2D eigenvalue weighted by Gasteiger charge is -2.17. The molecule has 2 aromatic heterocycles. The molecule has 9 aromatic rings. The summed E-state index contributed by atoms with van der Waals surface area (Å²) in [6.45, 7) is 0. The molecule has 0 saturated carbocycles. The predicted octanol–water partition coefficient (Wildman–Crippen LogP) is 11.6. The second-order valence-electron chi connectivity index (χ2n) is 10.9. The van der Waals surface area contributed by atoms with Crippen molar-refractivity contribution < 1.29 is 0 Å². The Kier molecular flexibility index (Phi) is 5.13. The van der Waals surface area contributed by atoms with Crippen molar-refractivity contribution in [2.24, 2.45) is 0 Å². The first-order valence-corrected chi connectivity index (χ1v) is 15.2. The van der Waals surface area contributed by atoms with Gasteiger partial charge >= 0.3 is 0 Å². The fraction of sp³-hybridized carbons (Fsp3) is 0. The number of thiophene rings is 1. The van der Waals surface area contributed by atoms with Crippen LogP contribution in [0.25, 0.3) is 80.7 Å². The Morgan fingerprint density at radius 3 is 1.57 bits per heavy atom. The zero-order valence-corrected chi connectivity index (χ0v) is 23.6. The molecule has 9 rings (SSSR count). The number of para-hydroxylation sites is 2. The molecule has 0 fully saturated rings. The Morgan fingerprint density at radius 2 is 0.929 bits per heavy atom. The van der Waals surface area contributed by atoms with Crippen LogP contribution in [0.3, 0.4) is 0 Å². The van der Waals surface area contributed by atoms with Crippen LogP contribution in [-0.2, 0) is 0 Å². The van der Waals surface area contributed by atoms with Gasteiger partial charge < -0.3 is 4.57 Å². The molecular formula is C40H25NS. The molecule has 0 atom stereocenters. The molecule has 0 aliphatic carbocycles. The first-order valence-electron chi connectivity index (χ1n) is 14.4. The summed E-state index contributed by atoms with van der Waals surface area (Å²) in [6, 6.07) is 55.2. The minimum Gasteiger partial charge on any atom is -0.301 e. The molecule has 0 bridgehead atoms. The molecule has 2 heteroatoms. The van der Waals surface area contributed by atoms with Gasteiger partial charge in [0.2, 0.25) is 0 Å². The minimum absolute atomic E-state index is 1.20. The highest BCUT2D eigenvalue weighted by molar-refractivity contribution is 7.25. The Balaban J connectivity index is 1.36. The standard InChI is InChI=1S/C40H25NS/c1-3-13-26(14-4-1)37-29-17-7-9-19-31(29)38(32-20-10-8-18-30(32)37)27-23-24-34-36(25-27)42-40-39(34)33-21-11-12-22-35(33)41(40)28-15-5-2-6-16-28/h1-25H. The van der Waals surface area contributed by atoms with Gasteiger partial charge in [-0.25, -0.2) is 0 Å². The van der Waals surface area contributed by atoms with Crippen molar-refractivity contribution in [3.05, 3.63) is 152 Å². The summed E-state index contributed by atoms with van der Waals surface area (Å²) >= 11 is 1.89. The van der Waals surface area contributed by atoms with Crippen molar-refractivity contribution in [1.82, 2.24) is 4.57 Å². The van der Waals surface area contributed by atoms with E-state index in [1.165, 1.54) is 80.7 Å². The zero-order valence-electron chi connectivity index (χ0n) is 22.8. The molecule has 196 valence electrons. The number of rotatable bonds is 3. The lowest BCUT2D eigenvalue weighted by molar-refractivity contribution is 1.19. The maximum atomic E-state index is 2.43. The van der Waals surface area contributed by atoms with E-state index in [0.29, 0.717) is 0 Å². The van der Waals surface area contributed by atoms with Gasteiger partial charge in [-0.3, -0.25) is 0 Å². The largest absolute Gasteiger partial charge is 0.301 e. The maximum absolute atomic E-state index is 2.43.